The number of piperidine rings is 1. The van der Waals surface area contributed by atoms with E-state index in [1.54, 1.807) is 0 Å². The predicted molar refractivity (Wildman–Crippen MR) is 84.6 cm³/mol. The average Bonchev–Trinajstić information content (AvgIpc) is 2.48. The van der Waals surface area contributed by atoms with Crippen molar-refractivity contribution in [2.45, 2.75) is 51.6 Å². The molecule has 1 saturated heterocycles. The highest BCUT2D eigenvalue weighted by Gasteiger charge is 2.28. The molecule has 0 radical (unpaired) electrons. The molecule has 1 aromatic carbocycles. The van der Waals surface area contributed by atoms with Crippen LogP contribution in [0.1, 0.15) is 39.5 Å². The highest BCUT2D eigenvalue weighted by molar-refractivity contribution is 5.74. The minimum Gasteiger partial charge on any atom is -0.494 e. The topological polar surface area (TPSA) is 41.6 Å². The fraction of sp³-hybridized carbons (Fsp3) is 0.588. The van der Waals surface area contributed by atoms with Crippen LogP contribution in [0.15, 0.2) is 30.3 Å². The number of carbonyl (C=O) groups is 1. The van der Waals surface area contributed by atoms with E-state index in [0.29, 0.717) is 25.2 Å². The first kappa shape index (κ1) is 15.7. The van der Waals surface area contributed by atoms with Crippen molar-refractivity contribution in [3.63, 3.8) is 0 Å². The Morgan fingerprint density at radius 1 is 1.24 bits per heavy atom. The summed E-state index contributed by atoms with van der Waals surface area (Å²) in [6.45, 7) is 5.54. The van der Waals surface area contributed by atoms with Crippen molar-refractivity contribution in [2.75, 3.05) is 13.2 Å². The Labute approximate surface area is 127 Å². The van der Waals surface area contributed by atoms with Crippen LogP contribution in [0.4, 0.5) is 4.79 Å². The number of urea groups is 1. The molecule has 1 aliphatic heterocycles. The van der Waals surface area contributed by atoms with Gasteiger partial charge >= 0.3 is 6.03 Å². The van der Waals surface area contributed by atoms with Gasteiger partial charge in [0.2, 0.25) is 0 Å². The molecule has 4 nitrogen and oxygen atoms in total. The van der Waals surface area contributed by atoms with Gasteiger partial charge in [0.1, 0.15) is 5.75 Å². The summed E-state index contributed by atoms with van der Waals surface area (Å²) in [5, 5.41) is 3.01. The first-order valence-corrected chi connectivity index (χ1v) is 7.92. The zero-order chi connectivity index (χ0) is 15.1. The molecule has 2 unspecified atom stereocenters. The number of amides is 2. The van der Waals surface area contributed by atoms with E-state index >= 15 is 0 Å². The molecule has 0 bridgehead atoms. The van der Waals surface area contributed by atoms with Crippen LogP contribution in [-0.4, -0.2) is 36.2 Å². The van der Waals surface area contributed by atoms with Gasteiger partial charge in [-0.2, -0.15) is 0 Å². The van der Waals surface area contributed by atoms with Gasteiger partial charge in [0.25, 0.3) is 0 Å². The highest BCUT2D eigenvalue weighted by atomic mass is 16.5. The van der Waals surface area contributed by atoms with Crippen LogP contribution in [0.5, 0.6) is 5.75 Å². The fourth-order valence-corrected chi connectivity index (χ4v) is 2.89. The van der Waals surface area contributed by atoms with Gasteiger partial charge in [-0.3, -0.25) is 0 Å². The molecular formula is C17H26N2O2. The molecule has 116 valence electrons. The van der Waals surface area contributed by atoms with E-state index in [9.17, 15) is 4.79 Å². The van der Waals surface area contributed by atoms with Crippen molar-refractivity contribution in [3.8, 4) is 5.75 Å². The molecule has 2 rings (SSSR count). The number of hydrogen-bond donors (Lipinski definition) is 1. The number of benzene rings is 1. The summed E-state index contributed by atoms with van der Waals surface area (Å²) in [5.74, 6) is 0.877. The lowest BCUT2D eigenvalue weighted by molar-refractivity contribution is 0.123. The minimum absolute atomic E-state index is 0.0643. The number of para-hydroxylation sites is 1. The quantitative estimate of drug-likeness (QED) is 0.844. The molecule has 1 aliphatic rings. The van der Waals surface area contributed by atoms with E-state index in [-0.39, 0.29) is 6.03 Å². The number of likely N-dealkylation sites (tertiary alicyclic amines) is 1. The second-order valence-corrected chi connectivity index (χ2v) is 5.78. The van der Waals surface area contributed by atoms with Gasteiger partial charge in [-0.25, -0.2) is 4.79 Å². The molecule has 0 aliphatic carbocycles. The number of carbonyl (C=O) groups excluding carboxylic acids is 1. The number of nitrogens with zero attached hydrogens (tertiary/aromatic N) is 1. The molecule has 2 amide bonds. The summed E-state index contributed by atoms with van der Waals surface area (Å²) in [6, 6.07) is 10.5. The highest BCUT2D eigenvalue weighted by Crippen LogP contribution is 2.22. The van der Waals surface area contributed by atoms with Crippen LogP contribution >= 0.6 is 0 Å². The molecule has 1 fully saturated rings. The van der Waals surface area contributed by atoms with E-state index < -0.39 is 0 Å². The van der Waals surface area contributed by atoms with Crippen molar-refractivity contribution < 1.29 is 9.53 Å². The first-order chi connectivity index (χ1) is 10.2. The van der Waals surface area contributed by atoms with Crippen molar-refractivity contribution in [2.24, 2.45) is 0 Å². The van der Waals surface area contributed by atoms with Crippen LogP contribution in [-0.2, 0) is 0 Å². The van der Waals surface area contributed by atoms with E-state index in [4.69, 9.17) is 4.74 Å². The number of nitrogens with one attached hydrogen (secondary N) is 1. The molecule has 4 heteroatoms. The van der Waals surface area contributed by atoms with Crippen molar-refractivity contribution in [1.29, 1.82) is 0 Å². The average molecular weight is 290 g/mol. The summed E-state index contributed by atoms with van der Waals surface area (Å²) < 4.78 is 5.61. The molecule has 2 atom stereocenters. The van der Waals surface area contributed by atoms with Gasteiger partial charge < -0.3 is 15.0 Å². The maximum absolute atomic E-state index is 12.2. The van der Waals surface area contributed by atoms with Crippen LogP contribution < -0.4 is 10.1 Å². The summed E-state index contributed by atoms with van der Waals surface area (Å²) in [6.07, 6.45) is 4.25. The Bertz CT molecular complexity index is 426. The van der Waals surface area contributed by atoms with E-state index in [1.165, 1.54) is 6.42 Å². The second-order valence-electron chi connectivity index (χ2n) is 5.78. The van der Waals surface area contributed by atoms with Crippen LogP contribution in [0.3, 0.4) is 0 Å². The third-order valence-corrected chi connectivity index (χ3v) is 4.04. The number of ether oxygens (including phenoxy) is 1. The smallest absolute Gasteiger partial charge is 0.317 e. The van der Waals surface area contributed by atoms with Gasteiger partial charge in [-0.1, -0.05) is 18.2 Å². The Balaban J connectivity index is 1.65. The lowest BCUT2D eigenvalue weighted by Gasteiger charge is -2.38. The Hall–Kier alpha value is -1.71. The number of rotatable bonds is 5. The standard InChI is InChI=1S/C17H26N2O2/c1-14-8-6-9-15(2)19(14)17(20)18-12-7-13-21-16-10-4-3-5-11-16/h3-5,10-11,14-15H,6-9,12-13H2,1-2H3,(H,18,20). The zero-order valence-electron chi connectivity index (χ0n) is 13.0. The van der Waals surface area contributed by atoms with Crippen LogP contribution in [0.25, 0.3) is 0 Å². The molecule has 0 saturated carbocycles. The summed E-state index contributed by atoms with van der Waals surface area (Å²) in [7, 11) is 0. The Kier molecular flexibility index (Phi) is 5.90. The lowest BCUT2D eigenvalue weighted by Crippen LogP contribution is -2.52. The van der Waals surface area contributed by atoms with Crippen LogP contribution in [0, 0.1) is 0 Å². The third kappa shape index (κ3) is 4.66. The molecule has 1 heterocycles. The van der Waals surface area contributed by atoms with E-state index in [0.717, 1.165) is 25.0 Å². The summed E-state index contributed by atoms with van der Waals surface area (Å²) >= 11 is 0. The fourth-order valence-electron chi connectivity index (χ4n) is 2.89. The summed E-state index contributed by atoms with van der Waals surface area (Å²) in [4.78, 5) is 14.2. The van der Waals surface area contributed by atoms with Crippen molar-refractivity contribution in [3.05, 3.63) is 30.3 Å². The maximum Gasteiger partial charge on any atom is 0.317 e. The van der Waals surface area contributed by atoms with E-state index in [2.05, 4.69) is 19.2 Å². The largest absolute Gasteiger partial charge is 0.494 e. The molecule has 0 aromatic heterocycles. The number of hydrogen-bond acceptors (Lipinski definition) is 2. The molecule has 1 aromatic rings. The molecule has 0 spiro atoms. The van der Waals surface area contributed by atoms with Gasteiger partial charge in [0.15, 0.2) is 0 Å². The van der Waals surface area contributed by atoms with Crippen molar-refractivity contribution >= 4 is 6.03 Å². The SMILES string of the molecule is CC1CCCC(C)N1C(=O)NCCCOc1ccccc1. The lowest BCUT2D eigenvalue weighted by atomic mass is 9.98. The van der Waals surface area contributed by atoms with Gasteiger partial charge in [-0.05, 0) is 51.7 Å². The van der Waals surface area contributed by atoms with Gasteiger partial charge in [0, 0.05) is 18.6 Å². The predicted octanol–water partition coefficient (Wildman–Crippen LogP) is 3.43. The second kappa shape index (κ2) is 7.91. The Morgan fingerprint density at radius 2 is 1.90 bits per heavy atom. The third-order valence-electron chi connectivity index (χ3n) is 4.04. The van der Waals surface area contributed by atoms with Crippen molar-refractivity contribution in [1.82, 2.24) is 10.2 Å². The molecule has 21 heavy (non-hydrogen) atoms. The maximum atomic E-state index is 12.2. The zero-order valence-corrected chi connectivity index (χ0v) is 13.0. The monoisotopic (exact) mass is 290 g/mol. The summed E-state index contributed by atoms with van der Waals surface area (Å²) in [5.41, 5.74) is 0. The minimum atomic E-state index is 0.0643. The normalized spacial score (nSPS) is 21.9. The Morgan fingerprint density at radius 3 is 2.57 bits per heavy atom. The van der Waals surface area contributed by atoms with Gasteiger partial charge in [-0.15, -0.1) is 0 Å². The van der Waals surface area contributed by atoms with Gasteiger partial charge in [0.05, 0.1) is 6.61 Å². The first-order valence-electron chi connectivity index (χ1n) is 7.92. The van der Waals surface area contributed by atoms with E-state index in [1.807, 2.05) is 35.2 Å². The van der Waals surface area contributed by atoms with Crippen LogP contribution in [0.2, 0.25) is 0 Å². The molecular weight excluding hydrogens is 264 g/mol. The molecule has 1 N–H and O–H groups in total.